The largest absolute Gasteiger partial charge is 0.465 e. The SMILES string of the molecule is CCOC(=O)C1CNCCN1C1NCc2ccccc21. The topological polar surface area (TPSA) is 53.6 Å². The Labute approximate surface area is 119 Å². The van der Waals surface area contributed by atoms with E-state index >= 15 is 0 Å². The summed E-state index contributed by atoms with van der Waals surface area (Å²) in [5, 5.41) is 6.79. The summed E-state index contributed by atoms with van der Waals surface area (Å²) in [4.78, 5) is 14.4. The Bertz CT molecular complexity index is 492. The average Bonchev–Trinajstić information content (AvgIpc) is 2.91. The van der Waals surface area contributed by atoms with Crippen molar-refractivity contribution in [3.8, 4) is 0 Å². The minimum Gasteiger partial charge on any atom is -0.465 e. The molecule has 1 fully saturated rings. The summed E-state index contributed by atoms with van der Waals surface area (Å²) in [6, 6.07) is 8.19. The van der Waals surface area contributed by atoms with Gasteiger partial charge in [-0.1, -0.05) is 24.3 Å². The van der Waals surface area contributed by atoms with Crippen LogP contribution in [0.2, 0.25) is 0 Å². The fourth-order valence-electron chi connectivity index (χ4n) is 3.06. The minimum atomic E-state index is -0.215. The molecule has 0 aliphatic carbocycles. The molecule has 1 aromatic carbocycles. The Morgan fingerprint density at radius 1 is 1.45 bits per heavy atom. The molecule has 2 heterocycles. The fourth-order valence-corrected chi connectivity index (χ4v) is 3.06. The fraction of sp³-hybridized carbons (Fsp3) is 0.533. The number of carbonyl (C=O) groups excluding carboxylic acids is 1. The average molecular weight is 275 g/mol. The highest BCUT2D eigenvalue weighted by Crippen LogP contribution is 2.30. The summed E-state index contributed by atoms with van der Waals surface area (Å²) in [5.74, 6) is -0.133. The van der Waals surface area contributed by atoms with Crippen molar-refractivity contribution < 1.29 is 9.53 Å². The summed E-state index contributed by atoms with van der Waals surface area (Å²) in [7, 11) is 0. The molecule has 2 atom stereocenters. The smallest absolute Gasteiger partial charge is 0.324 e. The zero-order valence-corrected chi connectivity index (χ0v) is 11.8. The predicted molar refractivity (Wildman–Crippen MR) is 76.0 cm³/mol. The zero-order chi connectivity index (χ0) is 13.9. The van der Waals surface area contributed by atoms with Crippen LogP contribution in [0.4, 0.5) is 0 Å². The summed E-state index contributed by atoms with van der Waals surface area (Å²) in [5.41, 5.74) is 2.60. The Kier molecular flexibility index (Phi) is 4.00. The number of nitrogens with zero attached hydrogens (tertiary/aromatic N) is 1. The molecule has 0 aromatic heterocycles. The number of rotatable bonds is 3. The van der Waals surface area contributed by atoms with Crippen molar-refractivity contribution >= 4 is 5.97 Å². The van der Waals surface area contributed by atoms with Crippen LogP contribution < -0.4 is 10.6 Å². The van der Waals surface area contributed by atoms with Gasteiger partial charge in [0.25, 0.3) is 0 Å². The van der Waals surface area contributed by atoms with Crippen LogP contribution in [-0.4, -0.2) is 43.2 Å². The molecule has 3 rings (SSSR count). The first-order valence-corrected chi connectivity index (χ1v) is 7.25. The Morgan fingerprint density at radius 2 is 2.30 bits per heavy atom. The van der Waals surface area contributed by atoms with Crippen LogP contribution in [0.1, 0.15) is 24.2 Å². The van der Waals surface area contributed by atoms with Gasteiger partial charge in [0, 0.05) is 26.2 Å². The molecule has 2 aliphatic rings. The molecule has 0 saturated carbocycles. The number of benzene rings is 1. The van der Waals surface area contributed by atoms with Crippen molar-refractivity contribution in [1.29, 1.82) is 0 Å². The summed E-state index contributed by atoms with van der Waals surface area (Å²) >= 11 is 0. The summed E-state index contributed by atoms with van der Waals surface area (Å²) in [6.45, 7) is 5.53. The third-order valence-electron chi connectivity index (χ3n) is 4.01. The molecule has 1 saturated heterocycles. The van der Waals surface area contributed by atoms with Gasteiger partial charge in [0.05, 0.1) is 12.8 Å². The maximum atomic E-state index is 12.1. The number of piperazine rings is 1. The molecule has 2 unspecified atom stereocenters. The van der Waals surface area contributed by atoms with Crippen LogP contribution in [0, 0.1) is 0 Å². The Hall–Kier alpha value is -1.43. The van der Waals surface area contributed by atoms with E-state index in [0.29, 0.717) is 13.2 Å². The van der Waals surface area contributed by atoms with Crippen molar-refractivity contribution in [3.63, 3.8) is 0 Å². The maximum absolute atomic E-state index is 12.1. The molecular formula is C15H21N3O2. The number of nitrogens with one attached hydrogen (secondary N) is 2. The maximum Gasteiger partial charge on any atom is 0.324 e. The minimum absolute atomic E-state index is 0.114. The van der Waals surface area contributed by atoms with Gasteiger partial charge in [-0.2, -0.15) is 0 Å². The van der Waals surface area contributed by atoms with E-state index < -0.39 is 0 Å². The number of fused-ring (bicyclic) bond motifs is 1. The number of hydrogen-bond acceptors (Lipinski definition) is 5. The number of esters is 1. The molecule has 5 nitrogen and oxygen atoms in total. The molecule has 0 bridgehead atoms. The summed E-state index contributed by atoms with van der Waals surface area (Å²) < 4.78 is 5.21. The van der Waals surface area contributed by atoms with Crippen LogP contribution in [0.15, 0.2) is 24.3 Å². The molecular weight excluding hydrogens is 254 g/mol. The van der Waals surface area contributed by atoms with Gasteiger partial charge < -0.3 is 10.1 Å². The molecule has 108 valence electrons. The highest BCUT2D eigenvalue weighted by Gasteiger charge is 2.37. The summed E-state index contributed by atoms with van der Waals surface area (Å²) in [6.07, 6.45) is 0.114. The van der Waals surface area contributed by atoms with Gasteiger partial charge >= 0.3 is 5.97 Å². The standard InChI is InChI=1S/C15H21N3O2/c1-2-20-15(19)13-10-16-7-8-18(13)14-12-6-4-3-5-11(12)9-17-14/h3-6,13-14,16-17H,2,7-10H2,1H3. The van der Waals surface area contributed by atoms with Crippen molar-refractivity contribution in [2.24, 2.45) is 0 Å². The van der Waals surface area contributed by atoms with E-state index in [9.17, 15) is 4.79 Å². The third kappa shape index (κ3) is 2.44. The predicted octanol–water partition coefficient (Wildman–Crippen LogP) is 0.625. The lowest BCUT2D eigenvalue weighted by atomic mass is 10.1. The Morgan fingerprint density at radius 3 is 3.15 bits per heavy atom. The highest BCUT2D eigenvalue weighted by molar-refractivity contribution is 5.76. The lowest BCUT2D eigenvalue weighted by Gasteiger charge is -2.38. The second-order valence-corrected chi connectivity index (χ2v) is 5.19. The third-order valence-corrected chi connectivity index (χ3v) is 4.01. The van der Waals surface area contributed by atoms with Gasteiger partial charge in [0.1, 0.15) is 6.04 Å². The molecule has 0 spiro atoms. The van der Waals surface area contributed by atoms with Gasteiger partial charge in [-0.25, -0.2) is 0 Å². The van der Waals surface area contributed by atoms with Gasteiger partial charge in [-0.05, 0) is 18.1 Å². The van der Waals surface area contributed by atoms with Gasteiger partial charge in [0.15, 0.2) is 0 Å². The van der Waals surface area contributed by atoms with Crippen LogP contribution in [0.25, 0.3) is 0 Å². The normalized spacial score (nSPS) is 26.2. The van der Waals surface area contributed by atoms with Gasteiger partial charge in [-0.3, -0.25) is 15.0 Å². The second-order valence-electron chi connectivity index (χ2n) is 5.19. The number of ether oxygens (including phenoxy) is 1. The first kappa shape index (κ1) is 13.5. The van der Waals surface area contributed by atoms with Crippen molar-refractivity contribution in [3.05, 3.63) is 35.4 Å². The lowest BCUT2D eigenvalue weighted by molar-refractivity contribution is -0.151. The van der Waals surface area contributed by atoms with E-state index in [4.69, 9.17) is 4.74 Å². The van der Waals surface area contributed by atoms with E-state index in [1.807, 2.05) is 6.92 Å². The number of carbonyl (C=O) groups is 1. The first-order chi connectivity index (χ1) is 9.81. The first-order valence-electron chi connectivity index (χ1n) is 7.25. The molecule has 1 aromatic rings. The van der Waals surface area contributed by atoms with Crippen LogP contribution in [0.5, 0.6) is 0 Å². The second kappa shape index (κ2) is 5.91. The van der Waals surface area contributed by atoms with Crippen LogP contribution in [0.3, 0.4) is 0 Å². The molecule has 5 heteroatoms. The molecule has 2 N–H and O–H groups in total. The molecule has 0 amide bonds. The van der Waals surface area contributed by atoms with Gasteiger partial charge in [0.2, 0.25) is 0 Å². The zero-order valence-electron chi connectivity index (χ0n) is 11.8. The van der Waals surface area contributed by atoms with E-state index in [-0.39, 0.29) is 18.2 Å². The monoisotopic (exact) mass is 275 g/mol. The van der Waals surface area contributed by atoms with E-state index in [0.717, 1.165) is 19.6 Å². The van der Waals surface area contributed by atoms with E-state index in [2.05, 4.69) is 39.8 Å². The van der Waals surface area contributed by atoms with Crippen LogP contribution in [-0.2, 0) is 16.1 Å². The quantitative estimate of drug-likeness (QED) is 0.792. The van der Waals surface area contributed by atoms with Crippen molar-refractivity contribution in [2.45, 2.75) is 25.7 Å². The molecule has 0 radical (unpaired) electrons. The van der Waals surface area contributed by atoms with E-state index in [1.54, 1.807) is 0 Å². The lowest BCUT2D eigenvalue weighted by Crippen LogP contribution is -2.57. The van der Waals surface area contributed by atoms with Crippen molar-refractivity contribution in [1.82, 2.24) is 15.5 Å². The number of hydrogen-bond donors (Lipinski definition) is 2. The highest BCUT2D eigenvalue weighted by atomic mass is 16.5. The van der Waals surface area contributed by atoms with Crippen LogP contribution >= 0.6 is 0 Å². The molecule has 2 aliphatic heterocycles. The van der Waals surface area contributed by atoms with E-state index in [1.165, 1.54) is 11.1 Å². The Balaban J connectivity index is 1.82. The molecule has 20 heavy (non-hydrogen) atoms. The van der Waals surface area contributed by atoms with Crippen molar-refractivity contribution in [2.75, 3.05) is 26.2 Å². The van der Waals surface area contributed by atoms with Gasteiger partial charge in [-0.15, -0.1) is 0 Å².